The van der Waals surface area contributed by atoms with E-state index in [1.54, 1.807) is 0 Å². The lowest BCUT2D eigenvalue weighted by Gasteiger charge is -1.80. The fraction of sp³-hybridized carbons (Fsp3) is 0.200. The first-order valence-electron chi connectivity index (χ1n) is 1.80. The van der Waals surface area contributed by atoms with Crippen LogP contribution in [-0.2, 0) is 0 Å². The molecule has 0 aromatic carbocycles. The van der Waals surface area contributed by atoms with Gasteiger partial charge >= 0.3 is 0 Å². The number of hydrogen-bond acceptors (Lipinski definition) is 0. The molecule has 0 aromatic rings. The zero-order chi connectivity index (χ0) is 4.41. The van der Waals surface area contributed by atoms with Gasteiger partial charge in [0.25, 0.3) is 0 Å². The SMILES string of the molecule is C=S1C=C=CC1. The van der Waals surface area contributed by atoms with E-state index in [4.69, 9.17) is 0 Å². The van der Waals surface area contributed by atoms with E-state index in [1.807, 2.05) is 11.5 Å². The summed E-state index contributed by atoms with van der Waals surface area (Å²) in [4.78, 5) is 0. The van der Waals surface area contributed by atoms with Crippen LogP contribution in [0.1, 0.15) is 0 Å². The second kappa shape index (κ2) is 1.46. The van der Waals surface area contributed by atoms with Gasteiger partial charge in [-0.1, -0.05) is 5.87 Å². The van der Waals surface area contributed by atoms with Gasteiger partial charge in [0.2, 0.25) is 0 Å². The van der Waals surface area contributed by atoms with Crippen molar-refractivity contribution in [1.82, 2.24) is 0 Å². The molecule has 1 heteroatoms. The molecule has 0 saturated carbocycles. The Labute approximate surface area is 40.1 Å². The second-order valence-corrected chi connectivity index (χ2v) is 2.84. The molecule has 1 rings (SSSR count). The van der Waals surface area contributed by atoms with Crippen molar-refractivity contribution in [2.24, 2.45) is 0 Å². The highest BCUT2D eigenvalue weighted by atomic mass is 32.2. The third kappa shape index (κ3) is 0.618. The zero-order valence-electron chi connectivity index (χ0n) is 3.48. The van der Waals surface area contributed by atoms with Crippen LogP contribution < -0.4 is 0 Å². The predicted molar refractivity (Wildman–Crippen MR) is 32.2 cm³/mol. The molecule has 1 aliphatic heterocycles. The minimum atomic E-state index is 0.285. The van der Waals surface area contributed by atoms with Gasteiger partial charge in [0, 0.05) is 11.2 Å². The van der Waals surface area contributed by atoms with Gasteiger partial charge in [-0.25, -0.2) is 0 Å². The van der Waals surface area contributed by atoms with E-state index in [0.29, 0.717) is 0 Å². The molecule has 0 nitrogen and oxygen atoms in total. The van der Waals surface area contributed by atoms with Crippen molar-refractivity contribution in [2.75, 3.05) is 5.75 Å². The van der Waals surface area contributed by atoms with Crippen LogP contribution in [0.3, 0.4) is 0 Å². The lowest BCUT2D eigenvalue weighted by Crippen LogP contribution is -1.58. The first-order chi connectivity index (χ1) is 2.89. The van der Waals surface area contributed by atoms with Gasteiger partial charge in [-0.15, -0.1) is 5.73 Å². The Morgan fingerprint density at radius 1 is 1.83 bits per heavy atom. The normalized spacial score (nSPS) is 29.0. The zero-order valence-corrected chi connectivity index (χ0v) is 4.29. The minimum absolute atomic E-state index is 0.285. The van der Waals surface area contributed by atoms with E-state index in [1.165, 1.54) is 0 Å². The van der Waals surface area contributed by atoms with Crippen LogP contribution in [0.25, 0.3) is 0 Å². The first-order valence-corrected chi connectivity index (χ1v) is 3.42. The van der Waals surface area contributed by atoms with Gasteiger partial charge in [0.1, 0.15) is 0 Å². The van der Waals surface area contributed by atoms with Crippen molar-refractivity contribution in [3.05, 3.63) is 17.2 Å². The van der Waals surface area contributed by atoms with Crippen LogP contribution in [0.2, 0.25) is 0 Å². The van der Waals surface area contributed by atoms with Crippen LogP contribution in [-0.4, -0.2) is 11.6 Å². The Morgan fingerprint density at radius 2 is 2.67 bits per heavy atom. The molecule has 0 radical (unpaired) electrons. The maximum atomic E-state index is 3.82. The molecule has 0 aliphatic carbocycles. The summed E-state index contributed by atoms with van der Waals surface area (Å²) in [6.45, 7) is 0. The van der Waals surface area contributed by atoms with E-state index >= 15 is 0 Å². The Hall–Kier alpha value is -0.260. The maximum Gasteiger partial charge on any atom is 0.0177 e. The Morgan fingerprint density at radius 3 is 2.83 bits per heavy atom. The number of hydrogen-bond donors (Lipinski definition) is 0. The summed E-state index contributed by atoms with van der Waals surface area (Å²) >= 11 is 0. The molecule has 1 aliphatic rings. The van der Waals surface area contributed by atoms with Crippen molar-refractivity contribution in [2.45, 2.75) is 0 Å². The van der Waals surface area contributed by atoms with Crippen molar-refractivity contribution >= 4 is 16.4 Å². The van der Waals surface area contributed by atoms with Crippen molar-refractivity contribution in [3.8, 4) is 0 Å². The third-order valence-corrected chi connectivity index (χ3v) is 1.71. The summed E-state index contributed by atoms with van der Waals surface area (Å²) in [6, 6.07) is 0. The largest absolute Gasteiger partial charge is 0.157 e. The molecule has 32 valence electrons. The highest BCUT2D eigenvalue weighted by Gasteiger charge is 1.82. The molecule has 0 saturated heterocycles. The first kappa shape index (κ1) is 3.91. The fourth-order valence-corrected chi connectivity index (χ4v) is 1.04. The fourth-order valence-electron chi connectivity index (χ4n) is 0.348. The average molecular weight is 98.2 g/mol. The standard InChI is InChI=1S/C5H6S/c1-6-4-2-3-5-6/h2,5H,1,4H2. The van der Waals surface area contributed by atoms with Gasteiger partial charge in [-0.2, -0.15) is 10.5 Å². The molecule has 0 N–H and O–H groups in total. The Kier molecular flexibility index (Phi) is 0.952. The van der Waals surface area contributed by atoms with E-state index in [-0.39, 0.29) is 10.5 Å². The van der Waals surface area contributed by atoms with Crippen LogP contribution in [0, 0.1) is 0 Å². The summed E-state index contributed by atoms with van der Waals surface area (Å²) in [5, 5.41) is 2.01. The average Bonchev–Trinajstić information content (AvgIpc) is 1.86. The lowest BCUT2D eigenvalue weighted by atomic mass is 10.7. The van der Waals surface area contributed by atoms with Gasteiger partial charge in [-0.05, 0) is 6.08 Å². The smallest absolute Gasteiger partial charge is 0.0177 e. The van der Waals surface area contributed by atoms with Crippen LogP contribution in [0.4, 0.5) is 0 Å². The molecule has 0 spiro atoms. The monoisotopic (exact) mass is 98.0 g/mol. The van der Waals surface area contributed by atoms with Crippen molar-refractivity contribution in [1.29, 1.82) is 0 Å². The van der Waals surface area contributed by atoms with E-state index in [9.17, 15) is 0 Å². The van der Waals surface area contributed by atoms with E-state index in [2.05, 4.69) is 11.6 Å². The molecule has 0 fully saturated rings. The molecule has 0 aromatic heterocycles. The summed E-state index contributed by atoms with van der Waals surface area (Å²) in [7, 11) is 0.285. The summed E-state index contributed by atoms with van der Waals surface area (Å²) < 4.78 is 0. The summed E-state index contributed by atoms with van der Waals surface area (Å²) in [5.41, 5.74) is 2.97. The van der Waals surface area contributed by atoms with E-state index < -0.39 is 0 Å². The number of rotatable bonds is 0. The highest BCUT2D eigenvalue weighted by molar-refractivity contribution is 8.16. The van der Waals surface area contributed by atoms with Crippen LogP contribution >= 0.6 is 10.5 Å². The molecule has 1 heterocycles. The van der Waals surface area contributed by atoms with Crippen LogP contribution in [0.15, 0.2) is 17.2 Å². The van der Waals surface area contributed by atoms with Crippen molar-refractivity contribution in [3.63, 3.8) is 0 Å². The molecule has 0 amide bonds. The maximum absolute atomic E-state index is 3.82. The predicted octanol–water partition coefficient (Wildman–Crippen LogP) is 1.37. The second-order valence-electron chi connectivity index (χ2n) is 1.19. The van der Waals surface area contributed by atoms with Crippen LogP contribution in [0.5, 0.6) is 0 Å². The molecule has 0 bridgehead atoms. The lowest BCUT2D eigenvalue weighted by molar-refractivity contribution is 1.84. The van der Waals surface area contributed by atoms with Gasteiger partial charge in [0.15, 0.2) is 0 Å². The summed E-state index contributed by atoms with van der Waals surface area (Å²) in [6.07, 6.45) is 2.02. The Balaban J connectivity index is 2.79. The molecule has 1 unspecified atom stereocenters. The third-order valence-electron chi connectivity index (χ3n) is 0.650. The molecular formula is C5H6S. The highest BCUT2D eigenvalue weighted by Crippen LogP contribution is 2.13. The Bertz CT molecular complexity index is 127. The van der Waals surface area contributed by atoms with Gasteiger partial charge < -0.3 is 0 Å². The van der Waals surface area contributed by atoms with E-state index in [0.717, 1.165) is 5.75 Å². The van der Waals surface area contributed by atoms with Gasteiger partial charge in [0.05, 0.1) is 0 Å². The summed E-state index contributed by atoms with van der Waals surface area (Å²) in [5.74, 6) is 4.93. The van der Waals surface area contributed by atoms with Crippen molar-refractivity contribution < 1.29 is 0 Å². The minimum Gasteiger partial charge on any atom is -0.157 e. The topological polar surface area (TPSA) is 0 Å². The molecule has 1 atom stereocenters. The van der Waals surface area contributed by atoms with Gasteiger partial charge in [-0.3, -0.25) is 0 Å². The molecule has 6 heavy (non-hydrogen) atoms. The molecular weight excluding hydrogens is 92.1 g/mol. The quantitative estimate of drug-likeness (QED) is 0.317.